The minimum atomic E-state index is -2.27. The van der Waals surface area contributed by atoms with Crippen molar-refractivity contribution in [2.24, 2.45) is 5.73 Å². The van der Waals surface area contributed by atoms with E-state index in [0.717, 1.165) is 12.0 Å². The molecule has 0 saturated carbocycles. The average molecular weight is 299 g/mol. The van der Waals surface area contributed by atoms with Crippen molar-refractivity contribution in [3.63, 3.8) is 0 Å². The third kappa shape index (κ3) is 4.23. The van der Waals surface area contributed by atoms with E-state index in [1.807, 2.05) is 24.3 Å². The Morgan fingerprint density at radius 2 is 1.57 bits per heavy atom. The Balaban J connectivity index is 0.000000212. The molecule has 0 unspecified atom stereocenters. The Bertz CT molecular complexity index is 501. The number of nitrogens with two attached hydrogens (primary N) is 1. The number of aliphatic hydroxyl groups is 3. The van der Waals surface area contributed by atoms with Crippen LogP contribution in [0, 0.1) is 0 Å². The molecule has 0 spiro atoms. The second-order valence-corrected chi connectivity index (χ2v) is 4.58. The number of fused-ring (bicyclic) bond motifs is 1. The smallest absolute Gasteiger partial charge is 0.335 e. The zero-order valence-corrected chi connectivity index (χ0v) is 11.0. The fourth-order valence-corrected chi connectivity index (χ4v) is 1.87. The van der Waals surface area contributed by atoms with Crippen LogP contribution in [0.4, 0.5) is 0 Å². The van der Waals surface area contributed by atoms with Gasteiger partial charge in [-0.3, -0.25) is 0 Å². The lowest BCUT2D eigenvalue weighted by molar-refractivity contribution is -0.165. The lowest BCUT2D eigenvalue weighted by atomic mass is 10.1. The van der Waals surface area contributed by atoms with Crippen LogP contribution in [0.3, 0.4) is 0 Å². The summed E-state index contributed by atoms with van der Waals surface area (Å²) in [7, 11) is 0. The van der Waals surface area contributed by atoms with Crippen molar-refractivity contribution < 1.29 is 35.1 Å². The number of rotatable bonds is 3. The first-order chi connectivity index (χ1) is 9.75. The number of carboxylic acids is 2. The largest absolute Gasteiger partial charge is 0.479 e. The van der Waals surface area contributed by atoms with Crippen LogP contribution < -0.4 is 5.73 Å². The van der Waals surface area contributed by atoms with E-state index in [0.29, 0.717) is 0 Å². The Morgan fingerprint density at radius 3 is 2.00 bits per heavy atom. The molecule has 2 rings (SSSR count). The number of benzene rings is 1. The molecular weight excluding hydrogens is 282 g/mol. The van der Waals surface area contributed by atoms with Gasteiger partial charge in [0.1, 0.15) is 0 Å². The molecule has 1 aliphatic carbocycles. The van der Waals surface area contributed by atoms with Gasteiger partial charge in [-0.1, -0.05) is 24.3 Å². The zero-order chi connectivity index (χ0) is 16.2. The lowest BCUT2D eigenvalue weighted by Crippen LogP contribution is -2.39. The van der Waals surface area contributed by atoms with Crippen molar-refractivity contribution in [2.75, 3.05) is 0 Å². The number of carbonyl (C=O) groups is 2. The van der Waals surface area contributed by atoms with Gasteiger partial charge < -0.3 is 31.3 Å². The van der Waals surface area contributed by atoms with Crippen LogP contribution in [-0.2, 0) is 16.0 Å². The molecule has 1 aromatic carbocycles. The molecule has 8 nitrogen and oxygen atoms in total. The summed E-state index contributed by atoms with van der Waals surface area (Å²) in [5.41, 5.74) is 7.87. The molecule has 1 aromatic rings. The van der Waals surface area contributed by atoms with E-state index in [-0.39, 0.29) is 6.04 Å². The quantitative estimate of drug-likeness (QED) is 0.392. The van der Waals surface area contributed by atoms with E-state index >= 15 is 0 Å². The van der Waals surface area contributed by atoms with Gasteiger partial charge in [-0.15, -0.1) is 0 Å². The van der Waals surface area contributed by atoms with Gasteiger partial charge in [0.15, 0.2) is 12.2 Å². The molecule has 0 amide bonds. The fourth-order valence-electron chi connectivity index (χ4n) is 1.87. The Hall–Kier alpha value is -2.00. The van der Waals surface area contributed by atoms with Crippen molar-refractivity contribution in [1.82, 2.24) is 0 Å². The van der Waals surface area contributed by atoms with Crippen LogP contribution in [-0.4, -0.2) is 55.7 Å². The molecule has 21 heavy (non-hydrogen) atoms. The van der Waals surface area contributed by atoms with Crippen LogP contribution in [0.15, 0.2) is 24.3 Å². The molecular formula is C13H17NO7. The van der Waals surface area contributed by atoms with Crippen molar-refractivity contribution in [2.45, 2.75) is 30.8 Å². The predicted octanol–water partition coefficient (Wildman–Crippen LogP) is -1.52. The van der Waals surface area contributed by atoms with Gasteiger partial charge in [-0.05, 0) is 17.5 Å². The standard InChI is InChI=1S/C9H11NO.C4H6O6/c10-8-5-6-3-1-2-4-7(6)9(8)11;5-1(3(7)8)2(6)4(9)10/h1-4,8-9,11H,5,10H2;1-2,5-6H,(H,7,8)(H,9,10)/t8-,9+;1-,2-/m11/s1. The summed E-state index contributed by atoms with van der Waals surface area (Å²) >= 11 is 0. The van der Waals surface area contributed by atoms with E-state index in [4.69, 9.17) is 26.2 Å². The van der Waals surface area contributed by atoms with Gasteiger partial charge >= 0.3 is 11.9 Å². The summed E-state index contributed by atoms with van der Waals surface area (Å²) in [4.78, 5) is 19.5. The average Bonchev–Trinajstić information content (AvgIpc) is 2.73. The summed E-state index contributed by atoms with van der Waals surface area (Å²) in [6.07, 6.45) is -4.18. The molecule has 0 bridgehead atoms. The highest BCUT2D eigenvalue weighted by molar-refractivity contribution is 5.83. The molecule has 0 heterocycles. The Kier molecular flexibility index (Phi) is 5.79. The Labute approximate surface area is 120 Å². The van der Waals surface area contributed by atoms with E-state index in [2.05, 4.69) is 0 Å². The first-order valence-electron chi connectivity index (χ1n) is 6.09. The van der Waals surface area contributed by atoms with Gasteiger partial charge in [0.05, 0.1) is 6.10 Å². The topological polar surface area (TPSA) is 161 Å². The maximum absolute atomic E-state index is 9.77. The summed E-state index contributed by atoms with van der Waals surface area (Å²) in [5, 5.41) is 42.1. The van der Waals surface area contributed by atoms with Crippen molar-refractivity contribution in [3.05, 3.63) is 35.4 Å². The summed E-state index contributed by atoms with van der Waals surface area (Å²) in [6, 6.07) is 7.76. The third-order valence-corrected chi connectivity index (χ3v) is 3.04. The van der Waals surface area contributed by atoms with Gasteiger partial charge in [0.25, 0.3) is 0 Å². The van der Waals surface area contributed by atoms with E-state index in [9.17, 15) is 14.7 Å². The molecule has 116 valence electrons. The van der Waals surface area contributed by atoms with Crippen molar-refractivity contribution >= 4 is 11.9 Å². The highest BCUT2D eigenvalue weighted by Crippen LogP contribution is 2.29. The second-order valence-electron chi connectivity index (χ2n) is 4.58. The monoisotopic (exact) mass is 299 g/mol. The predicted molar refractivity (Wildman–Crippen MR) is 70.4 cm³/mol. The zero-order valence-electron chi connectivity index (χ0n) is 11.0. The highest BCUT2D eigenvalue weighted by Gasteiger charge is 2.29. The van der Waals surface area contributed by atoms with Crippen LogP contribution in [0.25, 0.3) is 0 Å². The van der Waals surface area contributed by atoms with Gasteiger partial charge in [-0.25, -0.2) is 9.59 Å². The molecule has 4 atom stereocenters. The third-order valence-electron chi connectivity index (χ3n) is 3.04. The molecule has 0 radical (unpaired) electrons. The SMILES string of the molecule is N[C@@H]1Cc2ccccc2[C@@H]1O.O=C(O)[C@H](O)[C@@H](O)C(=O)O. The summed E-state index contributed by atoms with van der Waals surface area (Å²) in [5.74, 6) is -3.54. The number of aliphatic carboxylic acids is 2. The van der Waals surface area contributed by atoms with Crippen molar-refractivity contribution in [3.8, 4) is 0 Å². The molecule has 8 heteroatoms. The summed E-state index contributed by atoms with van der Waals surface area (Å²) in [6.45, 7) is 0. The molecule has 7 N–H and O–H groups in total. The fraction of sp³-hybridized carbons (Fsp3) is 0.385. The normalized spacial score (nSPS) is 22.5. The highest BCUT2D eigenvalue weighted by atomic mass is 16.4. The van der Waals surface area contributed by atoms with Crippen LogP contribution in [0.2, 0.25) is 0 Å². The van der Waals surface area contributed by atoms with Crippen LogP contribution in [0.1, 0.15) is 17.2 Å². The van der Waals surface area contributed by atoms with Gasteiger partial charge in [0, 0.05) is 6.04 Å². The summed E-state index contributed by atoms with van der Waals surface area (Å²) < 4.78 is 0. The Morgan fingerprint density at radius 1 is 1.10 bits per heavy atom. The minimum Gasteiger partial charge on any atom is -0.479 e. The molecule has 1 aliphatic rings. The molecule has 0 saturated heterocycles. The van der Waals surface area contributed by atoms with Crippen LogP contribution >= 0.6 is 0 Å². The minimum absolute atomic E-state index is 0.104. The first kappa shape index (κ1) is 17.1. The number of hydrogen-bond donors (Lipinski definition) is 6. The maximum atomic E-state index is 9.77. The van der Waals surface area contributed by atoms with E-state index < -0.39 is 30.3 Å². The lowest BCUT2D eigenvalue weighted by Gasteiger charge is -2.07. The maximum Gasteiger partial charge on any atom is 0.335 e. The first-order valence-corrected chi connectivity index (χ1v) is 6.09. The van der Waals surface area contributed by atoms with Crippen molar-refractivity contribution in [1.29, 1.82) is 0 Å². The second kappa shape index (κ2) is 7.14. The molecule has 0 aliphatic heterocycles. The van der Waals surface area contributed by atoms with E-state index in [1.54, 1.807) is 0 Å². The molecule has 0 aromatic heterocycles. The number of hydrogen-bond acceptors (Lipinski definition) is 6. The molecule has 0 fully saturated rings. The van der Waals surface area contributed by atoms with Crippen LogP contribution in [0.5, 0.6) is 0 Å². The number of carboxylic acid groups (broad SMARTS) is 2. The van der Waals surface area contributed by atoms with Gasteiger partial charge in [0.2, 0.25) is 0 Å². The number of aliphatic hydroxyl groups excluding tert-OH is 3. The van der Waals surface area contributed by atoms with Gasteiger partial charge in [-0.2, -0.15) is 0 Å². The van der Waals surface area contributed by atoms with E-state index in [1.165, 1.54) is 5.56 Å².